The van der Waals surface area contributed by atoms with E-state index >= 15 is 0 Å². The van der Waals surface area contributed by atoms with Crippen LogP contribution in [-0.2, 0) is 11.2 Å². The van der Waals surface area contributed by atoms with Crippen LogP contribution in [0.1, 0.15) is 12.0 Å². The van der Waals surface area contributed by atoms with Crippen molar-refractivity contribution >= 4 is 23.2 Å². The average molecular weight is 321 g/mol. The number of carbonyl (C=O) groups is 1. The van der Waals surface area contributed by atoms with Crippen LogP contribution in [0.4, 0.5) is 10.1 Å². The van der Waals surface area contributed by atoms with Crippen molar-refractivity contribution in [2.24, 2.45) is 0 Å². The predicted octanol–water partition coefficient (Wildman–Crippen LogP) is 3.64. The van der Waals surface area contributed by atoms with Gasteiger partial charge in [0.05, 0.1) is 0 Å². The molecule has 1 amide bonds. The molecular formula is C17H18ClFN2O. The fourth-order valence-corrected chi connectivity index (χ4v) is 2.25. The van der Waals surface area contributed by atoms with Crippen LogP contribution in [0.15, 0.2) is 48.5 Å². The van der Waals surface area contributed by atoms with Crippen LogP contribution in [0, 0.1) is 5.82 Å². The Kier molecular flexibility index (Phi) is 6.37. The minimum atomic E-state index is -0.363. The summed E-state index contributed by atoms with van der Waals surface area (Å²) >= 11 is 5.91. The molecule has 3 nitrogen and oxygen atoms in total. The fraction of sp³-hybridized carbons (Fsp3) is 0.235. The van der Waals surface area contributed by atoms with Crippen molar-refractivity contribution < 1.29 is 9.18 Å². The van der Waals surface area contributed by atoms with E-state index < -0.39 is 0 Å². The molecule has 0 atom stereocenters. The maximum atomic E-state index is 13.0. The number of halogens is 2. The molecule has 2 N–H and O–H groups in total. The van der Waals surface area contributed by atoms with Crippen molar-refractivity contribution in [2.45, 2.75) is 12.8 Å². The topological polar surface area (TPSA) is 41.1 Å². The normalized spacial score (nSPS) is 10.5. The summed E-state index contributed by atoms with van der Waals surface area (Å²) in [5.74, 6) is -0.502. The lowest BCUT2D eigenvalue weighted by molar-refractivity contribution is -0.116. The zero-order valence-corrected chi connectivity index (χ0v) is 12.9. The van der Waals surface area contributed by atoms with Crippen LogP contribution in [0.3, 0.4) is 0 Å². The molecule has 0 spiro atoms. The first-order chi connectivity index (χ1) is 10.6. The van der Waals surface area contributed by atoms with Crippen molar-refractivity contribution in [2.75, 3.05) is 18.4 Å². The SMILES string of the molecule is O=C(CCNCCc1cccc(Cl)c1)Nc1cccc(F)c1. The number of benzene rings is 2. The Bertz CT molecular complexity index is 634. The molecule has 2 aromatic carbocycles. The number of nitrogens with one attached hydrogen (secondary N) is 2. The van der Waals surface area contributed by atoms with E-state index in [4.69, 9.17) is 11.6 Å². The van der Waals surface area contributed by atoms with Crippen LogP contribution in [0.2, 0.25) is 5.02 Å². The monoisotopic (exact) mass is 320 g/mol. The standard InChI is InChI=1S/C17H18ClFN2O/c18-14-4-1-3-13(11-14)7-9-20-10-8-17(22)21-16-6-2-5-15(19)12-16/h1-6,11-12,20H,7-10H2,(H,21,22). The summed E-state index contributed by atoms with van der Waals surface area (Å²) in [6, 6.07) is 13.6. The maximum Gasteiger partial charge on any atom is 0.225 e. The van der Waals surface area contributed by atoms with Crippen LogP contribution < -0.4 is 10.6 Å². The molecule has 0 aliphatic rings. The Morgan fingerprint density at radius 1 is 1.09 bits per heavy atom. The predicted molar refractivity (Wildman–Crippen MR) is 87.7 cm³/mol. The summed E-state index contributed by atoms with van der Waals surface area (Å²) in [4.78, 5) is 11.7. The van der Waals surface area contributed by atoms with Gasteiger partial charge in [-0.3, -0.25) is 4.79 Å². The minimum absolute atomic E-state index is 0.138. The van der Waals surface area contributed by atoms with Gasteiger partial charge in [-0.05, 0) is 48.9 Å². The second-order valence-corrected chi connectivity index (χ2v) is 5.37. The van der Waals surface area contributed by atoms with E-state index in [2.05, 4.69) is 10.6 Å². The third-order valence-corrected chi connectivity index (χ3v) is 3.35. The van der Waals surface area contributed by atoms with E-state index in [-0.39, 0.29) is 11.7 Å². The smallest absolute Gasteiger partial charge is 0.225 e. The van der Waals surface area contributed by atoms with E-state index in [1.54, 1.807) is 12.1 Å². The number of amides is 1. The van der Waals surface area contributed by atoms with Gasteiger partial charge in [-0.15, -0.1) is 0 Å². The lowest BCUT2D eigenvalue weighted by atomic mass is 10.1. The summed E-state index contributed by atoms with van der Waals surface area (Å²) in [7, 11) is 0. The first kappa shape index (κ1) is 16.5. The van der Waals surface area contributed by atoms with Crippen LogP contribution in [-0.4, -0.2) is 19.0 Å². The molecule has 0 aliphatic carbocycles. The molecular weight excluding hydrogens is 303 g/mol. The van der Waals surface area contributed by atoms with Gasteiger partial charge in [0, 0.05) is 23.7 Å². The summed E-state index contributed by atoms with van der Waals surface area (Å²) < 4.78 is 13.0. The second kappa shape index (κ2) is 8.51. The Hall–Kier alpha value is -1.91. The molecule has 0 heterocycles. The number of rotatable bonds is 7. The van der Waals surface area contributed by atoms with E-state index in [1.165, 1.54) is 12.1 Å². The van der Waals surface area contributed by atoms with Crippen LogP contribution >= 0.6 is 11.6 Å². The molecule has 116 valence electrons. The van der Waals surface area contributed by atoms with Crippen molar-refractivity contribution in [3.05, 3.63) is 64.9 Å². The fourth-order valence-electron chi connectivity index (χ4n) is 2.04. The van der Waals surface area contributed by atoms with Crippen molar-refractivity contribution in [3.63, 3.8) is 0 Å². The molecule has 0 radical (unpaired) electrons. The molecule has 2 rings (SSSR count). The van der Waals surface area contributed by atoms with Gasteiger partial charge >= 0.3 is 0 Å². The van der Waals surface area contributed by atoms with Gasteiger partial charge in [0.2, 0.25) is 5.91 Å². The van der Waals surface area contributed by atoms with Gasteiger partial charge in [0.25, 0.3) is 0 Å². The number of hydrogen-bond acceptors (Lipinski definition) is 2. The number of anilines is 1. The lowest BCUT2D eigenvalue weighted by Gasteiger charge is -2.07. The Balaban J connectivity index is 1.63. The molecule has 0 bridgehead atoms. The van der Waals surface area contributed by atoms with Crippen molar-refractivity contribution in [1.29, 1.82) is 0 Å². The second-order valence-electron chi connectivity index (χ2n) is 4.94. The van der Waals surface area contributed by atoms with E-state index in [9.17, 15) is 9.18 Å². The van der Waals surface area contributed by atoms with Gasteiger partial charge in [-0.2, -0.15) is 0 Å². The average Bonchev–Trinajstić information content (AvgIpc) is 2.47. The molecule has 2 aromatic rings. The van der Waals surface area contributed by atoms with Gasteiger partial charge < -0.3 is 10.6 Å². The molecule has 0 aromatic heterocycles. The molecule has 0 unspecified atom stereocenters. The molecule has 22 heavy (non-hydrogen) atoms. The van der Waals surface area contributed by atoms with Gasteiger partial charge in [-0.1, -0.05) is 29.8 Å². The highest BCUT2D eigenvalue weighted by Crippen LogP contribution is 2.11. The highest BCUT2D eigenvalue weighted by molar-refractivity contribution is 6.30. The van der Waals surface area contributed by atoms with Gasteiger partial charge in [0.15, 0.2) is 0 Å². The Morgan fingerprint density at radius 2 is 1.91 bits per heavy atom. The van der Waals surface area contributed by atoms with E-state index in [0.29, 0.717) is 18.7 Å². The lowest BCUT2D eigenvalue weighted by Crippen LogP contribution is -2.23. The molecule has 0 fully saturated rings. The first-order valence-corrected chi connectivity index (χ1v) is 7.52. The number of carbonyl (C=O) groups excluding carboxylic acids is 1. The molecule has 0 saturated heterocycles. The van der Waals surface area contributed by atoms with Crippen LogP contribution in [0.25, 0.3) is 0 Å². The summed E-state index contributed by atoms with van der Waals surface area (Å²) in [5, 5.41) is 6.59. The summed E-state index contributed by atoms with van der Waals surface area (Å²) in [5.41, 5.74) is 1.63. The Labute approximate surface area is 134 Å². The first-order valence-electron chi connectivity index (χ1n) is 7.14. The quantitative estimate of drug-likeness (QED) is 0.765. The van der Waals surface area contributed by atoms with Crippen LogP contribution in [0.5, 0.6) is 0 Å². The zero-order chi connectivity index (χ0) is 15.8. The van der Waals surface area contributed by atoms with Gasteiger partial charge in [-0.25, -0.2) is 4.39 Å². The third-order valence-electron chi connectivity index (χ3n) is 3.12. The highest BCUT2D eigenvalue weighted by Gasteiger charge is 2.02. The highest BCUT2D eigenvalue weighted by atomic mass is 35.5. The molecule has 5 heteroatoms. The summed E-state index contributed by atoms with van der Waals surface area (Å²) in [6.45, 7) is 1.34. The van der Waals surface area contributed by atoms with Crippen molar-refractivity contribution in [1.82, 2.24) is 5.32 Å². The van der Waals surface area contributed by atoms with E-state index in [1.807, 2.05) is 24.3 Å². The Morgan fingerprint density at radius 3 is 2.68 bits per heavy atom. The molecule has 0 aliphatic heterocycles. The largest absolute Gasteiger partial charge is 0.326 e. The third kappa shape index (κ3) is 5.84. The summed E-state index contributed by atoms with van der Waals surface area (Å²) in [6.07, 6.45) is 1.19. The van der Waals surface area contributed by atoms with Crippen molar-refractivity contribution in [3.8, 4) is 0 Å². The number of hydrogen-bond donors (Lipinski definition) is 2. The molecule has 0 saturated carbocycles. The van der Waals surface area contributed by atoms with E-state index in [0.717, 1.165) is 23.6 Å². The van der Waals surface area contributed by atoms with Gasteiger partial charge in [0.1, 0.15) is 5.82 Å². The maximum absolute atomic E-state index is 13.0. The minimum Gasteiger partial charge on any atom is -0.326 e. The zero-order valence-electron chi connectivity index (χ0n) is 12.1.